The molecule has 3 aromatic rings. The third kappa shape index (κ3) is 4.74. The molecule has 0 atom stereocenters. The predicted molar refractivity (Wildman–Crippen MR) is 123 cm³/mol. The highest BCUT2D eigenvalue weighted by Gasteiger charge is 2.29. The second-order valence-corrected chi connectivity index (χ2v) is 9.76. The van der Waals surface area contributed by atoms with E-state index in [0.717, 1.165) is 31.6 Å². The van der Waals surface area contributed by atoms with Crippen molar-refractivity contribution < 1.29 is 9.13 Å². The molecule has 0 bridgehead atoms. The van der Waals surface area contributed by atoms with Crippen molar-refractivity contribution in [2.45, 2.75) is 53.6 Å². The second-order valence-electron chi connectivity index (χ2n) is 9.76. The summed E-state index contributed by atoms with van der Waals surface area (Å²) in [6, 6.07) is 7.12. The summed E-state index contributed by atoms with van der Waals surface area (Å²) in [5.74, 6) is 1.19. The third-order valence-electron chi connectivity index (χ3n) is 6.13. The number of tetrazole rings is 1. The van der Waals surface area contributed by atoms with Gasteiger partial charge in [0.1, 0.15) is 5.82 Å². The number of pyridine rings is 1. The second kappa shape index (κ2) is 8.84. The third-order valence-corrected chi connectivity index (χ3v) is 6.13. The summed E-state index contributed by atoms with van der Waals surface area (Å²) in [5, 5.41) is 14.4. The molecule has 170 valence electrons. The van der Waals surface area contributed by atoms with Crippen molar-refractivity contribution in [1.82, 2.24) is 25.6 Å². The number of benzene rings is 1. The lowest BCUT2D eigenvalue weighted by molar-refractivity contribution is 0.199. The van der Waals surface area contributed by atoms with Gasteiger partial charge in [-0.25, -0.2) is 9.37 Å². The topological polar surface area (TPSA) is 79.8 Å². The van der Waals surface area contributed by atoms with Crippen LogP contribution in [0.5, 0.6) is 5.88 Å². The van der Waals surface area contributed by atoms with Crippen LogP contribution in [0.15, 0.2) is 30.5 Å². The molecule has 4 rings (SSSR count). The Bertz CT molecular complexity index is 1040. The summed E-state index contributed by atoms with van der Waals surface area (Å²) >= 11 is 0. The molecule has 1 saturated heterocycles. The summed E-state index contributed by atoms with van der Waals surface area (Å²) in [5.41, 5.74) is 2.76. The number of aromatic nitrogens is 5. The van der Waals surface area contributed by atoms with Gasteiger partial charge in [-0.05, 0) is 61.4 Å². The van der Waals surface area contributed by atoms with Gasteiger partial charge >= 0.3 is 0 Å². The molecule has 32 heavy (non-hydrogen) atoms. The van der Waals surface area contributed by atoms with E-state index < -0.39 is 0 Å². The van der Waals surface area contributed by atoms with Crippen LogP contribution >= 0.6 is 0 Å². The normalized spacial score (nSPS) is 15.4. The number of ether oxygens (including phenoxy) is 1. The highest BCUT2D eigenvalue weighted by molar-refractivity contribution is 5.83. The first-order valence-corrected chi connectivity index (χ1v) is 11.2. The minimum atomic E-state index is -0.334. The molecular weight excluding hydrogens is 407 g/mol. The average Bonchev–Trinajstić information content (AvgIpc) is 3.28. The van der Waals surface area contributed by atoms with Gasteiger partial charge in [0.15, 0.2) is 0 Å². The maximum atomic E-state index is 15.5. The van der Waals surface area contributed by atoms with E-state index in [1.165, 1.54) is 0 Å². The highest BCUT2D eigenvalue weighted by atomic mass is 19.1. The van der Waals surface area contributed by atoms with Crippen LogP contribution in [-0.2, 0) is 0 Å². The monoisotopic (exact) mass is 438 g/mol. The lowest BCUT2D eigenvalue weighted by Gasteiger charge is -2.40. The molecule has 1 fully saturated rings. The van der Waals surface area contributed by atoms with E-state index in [9.17, 15) is 0 Å². The molecular formula is C24H31FN6O. The first-order valence-electron chi connectivity index (χ1n) is 11.2. The number of aromatic amines is 1. The van der Waals surface area contributed by atoms with E-state index in [1.54, 1.807) is 24.4 Å². The number of H-pyrrole nitrogens is 1. The van der Waals surface area contributed by atoms with Crippen LogP contribution in [0.4, 0.5) is 10.1 Å². The van der Waals surface area contributed by atoms with E-state index in [-0.39, 0.29) is 17.3 Å². The molecule has 1 aliphatic rings. The molecule has 1 aromatic carbocycles. The molecule has 2 aromatic heterocycles. The van der Waals surface area contributed by atoms with Crippen LogP contribution in [0.3, 0.4) is 0 Å². The van der Waals surface area contributed by atoms with Gasteiger partial charge in [0.2, 0.25) is 11.7 Å². The van der Waals surface area contributed by atoms with Gasteiger partial charge in [-0.2, -0.15) is 5.21 Å². The van der Waals surface area contributed by atoms with E-state index in [1.807, 2.05) is 19.9 Å². The zero-order valence-electron chi connectivity index (χ0n) is 19.4. The van der Waals surface area contributed by atoms with Crippen LogP contribution in [0.2, 0.25) is 0 Å². The zero-order chi connectivity index (χ0) is 22.9. The van der Waals surface area contributed by atoms with Crippen LogP contribution in [-0.4, -0.2) is 44.8 Å². The van der Waals surface area contributed by atoms with Gasteiger partial charge in [-0.15, -0.1) is 10.2 Å². The minimum Gasteiger partial charge on any atom is -0.475 e. The number of piperidine rings is 1. The predicted octanol–water partition coefficient (Wildman–Crippen LogP) is 5.12. The van der Waals surface area contributed by atoms with Crippen LogP contribution in [0.25, 0.3) is 22.5 Å². The van der Waals surface area contributed by atoms with Crippen molar-refractivity contribution in [2.24, 2.45) is 11.3 Å². The Balaban J connectivity index is 1.68. The number of nitrogens with one attached hydrogen (secondary N) is 1. The molecule has 1 N–H and O–H groups in total. The fourth-order valence-corrected chi connectivity index (χ4v) is 4.36. The highest BCUT2D eigenvalue weighted by Crippen LogP contribution is 2.39. The molecule has 8 heteroatoms. The van der Waals surface area contributed by atoms with Crippen molar-refractivity contribution in [2.75, 3.05) is 18.0 Å². The van der Waals surface area contributed by atoms with Crippen LogP contribution in [0, 0.1) is 17.2 Å². The van der Waals surface area contributed by atoms with E-state index in [4.69, 9.17) is 4.74 Å². The molecule has 3 heterocycles. The van der Waals surface area contributed by atoms with Gasteiger partial charge in [-0.3, -0.25) is 0 Å². The summed E-state index contributed by atoms with van der Waals surface area (Å²) in [6.45, 7) is 12.6. The lowest BCUT2D eigenvalue weighted by atomic mass is 9.75. The summed E-state index contributed by atoms with van der Waals surface area (Å²) in [4.78, 5) is 6.59. The molecule has 0 aliphatic carbocycles. The number of hydrogen-bond donors (Lipinski definition) is 1. The quantitative estimate of drug-likeness (QED) is 0.596. The van der Waals surface area contributed by atoms with Crippen molar-refractivity contribution in [1.29, 1.82) is 0 Å². The SMILES string of the molecule is CC(C)Oc1ccc(-c2c(F)cc(N3CCC(C(C)(C)C)CC3)cc2-c2nn[nH]n2)cn1. The first-order chi connectivity index (χ1) is 15.2. The van der Waals surface area contributed by atoms with Crippen molar-refractivity contribution in [3.63, 3.8) is 0 Å². The van der Waals surface area contributed by atoms with Crippen molar-refractivity contribution in [3.05, 3.63) is 36.3 Å². The number of nitrogens with zero attached hydrogens (tertiary/aromatic N) is 5. The first kappa shape index (κ1) is 22.2. The molecule has 0 radical (unpaired) electrons. The maximum Gasteiger partial charge on any atom is 0.213 e. The Labute approximate surface area is 188 Å². The standard InChI is InChI=1S/C24H31FN6O/c1-15(2)32-21-7-6-16(14-26-21)22-19(23-27-29-30-28-23)12-18(13-20(22)25)31-10-8-17(9-11-31)24(3,4)5/h6-7,12-15,17H,8-11H2,1-5H3,(H,27,28,29,30). The Morgan fingerprint density at radius 3 is 2.47 bits per heavy atom. The van der Waals surface area contributed by atoms with Crippen LogP contribution in [0.1, 0.15) is 47.5 Å². The maximum absolute atomic E-state index is 15.5. The van der Waals surface area contributed by atoms with Crippen molar-refractivity contribution >= 4 is 5.69 Å². The van der Waals surface area contributed by atoms with Gasteiger partial charge in [0.05, 0.1) is 6.10 Å². The van der Waals surface area contributed by atoms with E-state index in [2.05, 4.69) is 51.3 Å². The number of anilines is 1. The van der Waals surface area contributed by atoms with Crippen LogP contribution < -0.4 is 9.64 Å². The lowest BCUT2D eigenvalue weighted by Crippen LogP contribution is -2.38. The van der Waals surface area contributed by atoms with Crippen molar-refractivity contribution in [3.8, 4) is 28.4 Å². The van der Waals surface area contributed by atoms with Gasteiger partial charge in [-0.1, -0.05) is 20.8 Å². The molecule has 1 aliphatic heterocycles. The number of rotatable bonds is 5. The van der Waals surface area contributed by atoms with E-state index in [0.29, 0.717) is 34.3 Å². The summed E-state index contributed by atoms with van der Waals surface area (Å²) in [7, 11) is 0. The fraction of sp³-hybridized carbons (Fsp3) is 0.500. The Hall–Kier alpha value is -3.03. The largest absolute Gasteiger partial charge is 0.475 e. The summed E-state index contributed by atoms with van der Waals surface area (Å²) in [6.07, 6.45) is 3.81. The summed E-state index contributed by atoms with van der Waals surface area (Å²) < 4.78 is 21.2. The Kier molecular flexibility index (Phi) is 6.13. The zero-order valence-corrected chi connectivity index (χ0v) is 19.4. The van der Waals surface area contributed by atoms with Gasteiger partial charge in [0.25, 0.3) is 0 Å². The molecule has 0 amide bonds. The smallest absolute Gasteiger partial charge is 0.213 e. The average molecular weight is 439 g/mol. The van der Waals surface area contributed by atoms with Gasteiger partial charge in [0, 0.05) is 47.7 Å². The molecule has 0 unspecified atom stereocenters. The van der Waals surface area contributed by atoms with Gasteiger partial charge < -0.3 is 9.64 Å². The molecule has 0 saturated carbocycles. The Morgan fingerprint density at radius 2 is 1.91 bits per heavy atom. The number of hydrogen-bond acceptors (Lipinski definition) is 6. The van der Waals surface area contributed by atoms with E-state index >= 15 is 4.39 Å². The number of halogens is 1. The minimum absolute atomic E-state index is 0.0154. The Morgan fingerprint density at radius 1 is 1.16 bits per heavy atom. The fourth-order valence-electron chi connectivity index (χ4n) is 4.36. The molecule has 7 nitrogen and oxygen atoms in total. The molecule has 0 spiro atoms.